The van der Waals surface area contributed by atoms with Crippen molar-refractivity contribution in [3.8, 4) is 0 Å². The zero-order valence-electron chi connectivity index (χ0n) is 13.2. The summed E-state index contributed by atoms with van der Waals surface area (Å²) >= 11 is 0. The van der Waals surface area contributed by atoms with Crippen molar-refractivity contribution < 1.29 is 0 Å². The molecule has 0 aliphatic rings. The molecule has 1 aromatic carbocycles. The van der Waals surface area contributed by atoms with E-state index in [9.17, 15) is 0 Å². The molecular weight excluding hydrogens is 230 g/mol. The summed E-state index contributed by atoms with van der Waals surface area (Å²) in [5.41, 5.74) is 8.16. The van der Waals surface area contributed by atoms with Gasteiger partial charge in [0.15, 0.2) is 0 Å². The molecule has 19 heavy (non-hydrogen) atoms. The highest BCUT2D eigenvalue weighted by Gasteiger charge is 2.34. The van der Waals surface area contributed by atoms with Gasteiger partial charge in [-0.15, -0.1) is 0 Å². The summed E-state index contributed by atoms with van der Waals surface area (Å²) in [6.45, 7) is 9.13. The maximum atomic E-state index is 6.59. The Balaban J connectivity index is 2.81. The fourth-order valence-corrected chi connectivity index (χ4v) is 3.19. The van der Waals surface area contributed by atoms with E-state index in [1.165, 1.54) is 18.4 Å². The number of hydrogen-bond acceptors (Lipinski definition) is 1. The van der Waals surface area contributed by atoms with Crippen LogP contribution >= 0.6 is 0 Å². The van der Waals surface area contributed by atoms with Crippen LogP contribution in [0.25, 0.3) is 0 Å². The Morgan fingerprint density at radius 3 is 2.05 bits per heavy atom. The Morgan fingerprint density at radius 2 is 1.58 bits per heavy atom. The summed E-state index contributed by atoms with van der Waals surface area (Å²) in [5, 5.41) is 0. The topological polar surface area (TPSA) is 26.0 Å². The highest BCUT2D eigenvalue weighted by atomic mass is 14.7. The summed E-state index contributed by atoms with van der Waals surface area (Å²) < 4.78 is 0. The van der Waals surface area contributed by atoms with E-state index in [0.29, 0.717) is 0 Å². The molecule has 0 bridgehead atoms. The van der Waals surface area contributed by atoms with Crippen LogP contribution in [0, 0.1) is 5.92 Å². The van der Waals surface area contributed by atoms with Crippen molar-refractivity contribution in [3.05, 3.63) is 35.9 Å². The molecule has 0 aliphatic carbocycles. The van der Waals surface area contributed by atoms with Gasteiger partial charge in [-0.3, -0.25) is 0 Å². The van der Waals surface area contributed by atoms with E-state index in [1.54, 1.807) is 0 Å². The van der Waals surface area contributed by atoms with Gasteiger partial charge < -0.3 is 5.73 Å². The smallest absolute Gasteiger partial charge is 0.0136 e. The Labute approximate surface area is 119 Å². The van der Waals surface area contributed by atoms with Crippen LogP contribution in [-0.4, -0.2) is 6.04 Å². The van der Waals surface area contributed by atoms with Crippen molar-refractivity contribution in [2.24, 2.45) is 11.7 Å². The van der Waals surface area contributed by atoms with E-state index < -0.39 is 0 Å². The second-order valence-corrected chi connectivity index (χ2v) is 6.16. The molecule has 1 heteroatoms. The summed E-state index contributed by atoms with van der Waals surface area (Å²) in [5.74, 6) is 0.779. The maximum Gasteiger partial charge on any atom is 0.0136 e. The second kappa shape index (κ2) is 7.69. The quantitative estimate of drug-likeness (QED) is 0.708. The van der Waals surface area contributed by atoms with E-state index in [0.717, 1.165) is 25.2 Å². The van der Waals surface area contributed by atoms with Crippen LogP contribution in [0.1, 0.15) is 65.4 Å². The van der Waals surface area contributed by atoms with Gasteiger partial charge in [-0.1, -0.05) is 70.9 Å². The highest BCUT2D eigenvalue weighted by Crippen LogP contribution is 2.36. The van der Waals surface area contributed by atoms with Crippen molar-refractivity contribution in [1.29, 1.82) is 0 Å². The fraction of sp³-hybridized carbons (Fsp3) is 0.667. The van der Waals surface area contributed by atoms with Gasteiger partial charge in [0.1, 0.15) is 0 Å². The number of nitrogens with two attached hydrogens (primary N) is 1. The summed E-state index contributed by atoms with van der Waals surface area (Å²) in [6, 6.07) is 11.1. The van der Waals surface area contributed by atoms with Gasteiger partial charge in [0, 0.05) is 11.5 Å². The first-order valence-electron chi connectivity index (χ1n) is 7.88. The maximum absolute atomic E-state index is 6.59. The molecule has 1 rings (SSSR count). The third-order valence-electron chi connectivity index (χ3n) is 4.62. The molecular formula is C18H31N. The van der Waals surface area contributed by atoms with Crippen LogP contribution in [0.5, 0.6) is 0 Å². The highest BCUT2D eigenvalue weighted by molar-refractivity contribution is 5.27. The zero-order chi connectivity index (χ0) is 14.3. The van der Waals surface area contributed by atoms with Crippen molar-refractivity contribution in [1.82, 2.24) is 0 Å². The van der Waals surface area contributed by atoms with Crippen LogP contribution in [0.15, 0.2) is 30.3 Å². The van der Waals surface area contributed by atoms with Gasteiger partial charge in [-0.2, -0.15) is 0 Å². The first kappa shape index (κ1) is 16.2. The van der Waals surface area contributed by atoms with Crippen molar-refractivity contribution in [2.75, 3.05) is 0 Å². The fourth-order valence-electron chi connectivity index (χ4n) is 3.19. The minimum atomic E-state index is 0.151. The summed E-state index contributed by atoms with van der Waals surface area (Å²) in [6.07, 6.45) is 5.90. The van der Waals surface area contributed by atoms with E-state index in [1.807, 2.05) is 0 Å². The molecule has 0 amide bonds. The molecule has 0 heterocycles. The van der Waals surface area contributed by atoms with Crippen LogP contribution in [0.3, 0.4) is 0 Å². The number of hydrogen-bond donors (Lipinski definition) is 1. The van der Waals surface area contributed by atoms with Crippen LogP contribution in [0.2, 0.25) is 0 Å². The normalized spacial score (nSPS) is 13.8. The van der Waals surface area contributed by atoms with Crippen LogP contribution < -0.4 is 5.73 Å². The van der Waals surface area contributed by atoms with Crippen molar-refractivity contribution >= 4 is 0 Å². The minimum absolute atomic E-state index is 0.151. The lowest BCUT2D eigenvalue weighted by molar-refractivity contribution is 0.294. The van der Waals surface area contributed by atoms with Gasteiger partial charge in [0.05, 0.1) is 0 Å². The average Bonchev–Trinajstić information content (AvgIpc) is 2.41. The molecule has 108 valence electrons. The lowest BCUT2D eigenvalue weighted by atomic mass is 9.69. The molecule has 1 nitrogen and oxygen atoms in total. The summed E-state index contributed by atoms with van der Waals surface area (Å²) in [4.78, 5) is 0. The van der Waals surface area contributed by atoms with Gasteiger partial charge in [0.2, 0.25) is 0 Å². The first-order chi connectivity index (χ1) is 9.06. The van der Waals surface area contributed by atoms with E-state index >= 15 is 0 Å². The van der Waals surface area contributed by atoms with E-state index in [2.05, 4.69) is 58.0 Å². The largest absolute Gasteiger partial charge is 0.327 e. The van der Waals surface area contributed by atoms with Crippen molar-refractivity contribution in [2.45, 2.75) is 71.3 Å². The van der Waals surface area contributed by atoms with Crippen LogP contribution in [0.4, 0.5) is 0 Å². The monoisotopic (exact) mass is 261 g/mol. The average molecular weight is 261 g/mol. The number of rotatable bonds is 8. The van der Waals surface area contributed by atoms with Gasteiger partial charge in [-0.05, 0) is 30.7 Å². The molecule has 1 atom stereocenters. The van der Waals surface area contributed by atoms with Gasteiger partial charge >= 0.3 is 0 Å². The Morgan fingerprint density at radius 1 is 1.00 bits per heavy atom. The standard InChI is InChI=1S/C18H31N/c1-5-18(6-2,16-12-8-7-9-13-16)17(19)14-10-11-15(3)4/h7-9,12-13,15,17H,5-6,10-11,14,19H2,1-4H3. The Kier molecular flexibility index (Phi) is 6.57. The SMILES string of the molecule is CCC(CC)(c1ccccc1)C(N)CCCC(C)C. The molecule has 0 aliphatic heterocycles. The number of benzene rings is 1. The summed E-state index contributed by atoms with van der Waals surface area (Å²) in [7, 11) is 0. The molecule has 2 N–H and O–H groups in total. The third kappa shape index (κ3) is 4.07. The van der Waals surface area contributed by atoms with E-state index in [-0.39, 0.29) is 11.5 Å². The van der Waals surface area contributed by atoms with E-state index in [4.69, 9.17) is 5.73 Å². The minimum Gasteiger partial charge on any atom is -0.327 e. The van der Waals surface area contributed by atoms with Crippen LogP contribution in [-0.2, 0) is 5.41 Å². The molecule has 0 saturated carbocycles. The van der Waals surface area contributed by atoms with Crippen molar-refractivity contribution in [3.63, 3.8) is 0 Å². The predicted molar refractivity (Wildman–Crippen MR) is 85.4 cm³/mol. The second-order valence-electron chi connectivity index (χ2n) is 6.16. The molecule has 0 radical (unpaired) electrons. The molecule has 0 aromatic heterocycles. The molecule has 0 saturated heterocycles. The first-order valence-corrected chi connectivity index (χ1v) is 7.88. The van der Waals surface area contributed by atoms with Gasteiger partial charge in [-0.25, -0.2) is 0 Å². The lowest BCUT2D eigenvalue weighted by Gasteiger charge is -2.38. The molecule has 0 spiro atoms. The predicted octanol–water partition coefficient (Wildman–Crippen LogP) is 4.90. The molecule has 1 unspecified atom stereocenters. The Bertz CT molecular complexity index is 338. The third-order valence-corrected chi connectivity index (χ3v) is 4.62. The molecule has 0 fully saturated rings. The molecule has 1 aromatic rings. The Hall–Kier alpha value is -0.820. The zero-order valence-corrected chi connectivity index (χ0v) is 13.2. The van der Waals surface area contributed by atoms with Gasteiger partial charge in [0.25, 0.3) is 0 Å². The lowest BCUT2D eigenvalue weighted by Crippen LogP contribution is -2.44.